The zero-order valence-electron chi connectivity index (χ0n) is 8.40. The highest BCUT2D eigenvalue weighted by Crippen LogP contribution is 2.37. The van der Waals surface area contributed by atoms with Gasteiger partial charge in [-0.05, 0) is 36.8 Å². The topological polar surface area (TPSA) is 26.0 Å². The molecule has 78 valence electrons. The molecular weight excluding hydrogens is 222 g/mol. The van der Waals surface area contributed by atoms with Crippen molar-refractivity contribution in [3.63, 3.8) is 0 Å². The molecule has 2 aromatic heterocycles. The van der Waals surface area contributed by atoms with Crippen LogP contribution in [-0.4, -0.2) is 0 Å². The first-order valence-corrected chi connectivity index (χ1v) is 6.95. The normalized spacial score (nSPS) is 18.3. The van der Waals surface area contributed by atoms with Crippen LogP contribution in [0.3, 0.4) is 0 Å². The summed E-state index contributed by atoms with van der Waals surface area (Å²) in [5.74, 6) is 0. The van der Waals surface area contributed by atoms with Crippen molar-refractivity contribution in [1.82, 2.24) is 0 Å². The molecule has 3 rings (SSSR count). The first-order chi connectivity index (χ1) is 7.34. The first-order valence-electron chi connectivity index (χ1n) is 5.26. The third-order valence-corrected chi connectivity index (χ3v) is 5.12. The molecular formula is C12H13NS2. The van der Waals surface area contributed by atoms with Gasteiger partial charge in [0.2, 0.25) is 0 Å². The number of rotatable bonds is 2. The highest BCUT2D eigenvalue weighted by Gasteiger charge is 2.17. The van der Waals surface area contributed by atoms with E-state index >= 15 is 0 Å². The summed E-state index contributed by atoms with van der Waals surface area (Å²) in [6, 6.07) is 4.59. The van der Waals surface area contributed by atoms with Gasteiger partial charge in [0.1, 0.15) is 0 Å². The van der Waals surface area contributed by atoms with E-state index in [0.717, 1.165) is 0 Å². The van der Waals surface area contributed by atoms with Gasteiger partial charge in [-0.3, -0.25) is 0 Å². The lowest BCUT2D eigenvalue weighted by Gasteiger charge is -2.10. The van der Waals surface area contributed by atoms with Crippen molar-refractivity contribution in [3.8, 4) is 0 Å². The molecule has 0 saturated heterocycles. The minimum Gasteiger partial charge on any atom is -0.320 e. The number of nitrogens with two attached hydrogens (primary N) is 1. The van der Waals surface area contributed by atoms with Gasteiger partial charge in [-0.2, -0.15) is 0 Å². The van der Waals surface area contributed by atoms with Crippen molar-refractivity contribution in [2.45, 2.75) is 25.3 Å². The largest absolute Gasteiger partial charge is 0.320 e. The number of hydrogen-bond donors (Lipinski definition) is 1. The second kappa shape index (κ2) is 3.74. The third kappa shape index (κ3) is 1.65. The predicted octanol–water partition coefficient (Wildman–Crippen LogP) is 4.07. The Bertz CT molecular complexity index is 478. The molecule has 2 aromatic rings. The summed E-state index contributed by atoms with van der Waals surface area (Å²) in [6.45, 7) is 0. The highest BCUT2D eigenvalue weighted by atomic mass is 32.1. The fourth-order valence-electron chi connectivity index (χ4n) is 2.10. The van der Waals surface area contributed by atoms with Crippen LogP contribution in [0.25, 0.3) is 9.40 Å². The van der Waals surface area contributed by atoms with Crippen LogP contribution in [0.15, 0.2) is 29.2 Å². The van der Waals surface area contributed by atoms with Gasteiger partial charge in [0.15, 0.2) is 0 Å². The Labute approximate surface area is 97.2 Å². The summed E-state index contributed by atoms with van der Waals surface area (Å²) in [5.41, 5.74) is 7.70. The molecule has 0 fully saturated rings. The minimum atomic E-state index is 0.150. The van der Waals surface area contributed by atoms with Crippen LogP contribution in [-0.2, 0) is 0 Å². The average molecular weight is 235 g/mol. The molecule has 0 saturated carbocycles. The molecule has 1 aliphatic carbocycles. The maximum Gasteiger partial charge on any atom is 0.0606 e. The number of hydrogen-bond acceptors (Lipinski definition) is 3. The van der Waals surface area contributed by atoms with Crippen LogP contribution in [0.1, 0.15) is 30.2 Å². The van der Waals surface area contributed by atoms with E-state index in [-0.39, 0.29) is 6.04 Å². The number of thiophene rings is 2. The van der Waals surface area contributed by atoms with Gasteiger partial charge >= 0.3 is 0 Å². The van der Waals surface area contributed by atoms with Crippen LogP contribution in [0.5, 0.6) is 0 Å². The zero-order valence-corrected chi connectivity index (χ0v) is 10.0. The molecule has 2 heterocycles. The van der Waals surface area contributed by atoms with E-state index in [1.54, 1.807) is 11.3 Å². The molecule has 15 heavy (non-hydrogen) atoms. The lowest BCUT2D eigenvalue weighted by molar-refractivity contribution is 0.797. The van der Waals surface area contributed by atoms with Gasteiger partial charge in [0, 0.05) is 14.3 Å². The Morgan fingerprint density at radius 1 is 1.33 bits per heavy atom. The molecule has 2 N–H and O–H groups in total. The predicted molar refractivity (Wildman–Crippen MR) is 68.6 cm³/mol. The maximum atomic E-state index is 6.27. The molecule has 0 aliphatic heterocycles. The van der Waals surface area contributed by atoms with Crippen LogP contribution >= 0.6 is 22.7 Å². The van der Waals surface area contributed by atoms with Crippen molar-refractivity contribution < 1.29 is 0 Å². The fourth-order valence-corrected chi connectivity index (χ4v) is 4.26. The Morgan fingerprint density at radius 2 is 2.27 bits per heavy atom. The monoisotopic (exact) mass is 235 g/mol. The van der Waals surface area contributed by atoms with Crippen LogP contribution in [0, 0.1) is 0 Å². The number of allylic oxidation sites excluding steroid dienone is 1. The maximum absolute atomic E-state index is 6.27. The van der Waals surface area contributed by atoms with E-state index < -0.39 is 0 Å². The van der Waals surface area contributed by atoms with E-state index in [2.05, 4.69) is 23.6 Å². The Balaban J connectivity index is 1.96. The van der Waals surface area contributed by atoms with Gasteiger partial charge in [-0.1, -0.05) is 11.6 Å². The Hall–Kier alpha value is -0.640. The smallest absolute Gasteiger partial charge is 0.0606 e. The van der Waals surface area contributed by atoms with E-state index in [1.807, 2.05) is 11.3 Å². The van der Waals surface area contributed by atoms with Crippen LogP contribution in [0.4, 0.5) is 0 Å². The fraction of sp³-hybridized carbons (Fsp3) is 0.333. The van der Waals surface area contributed by atoms with Crippen molar-refractivity contribution >= 4 is 32.1 Å². The summed E-state index contributed by atoms with van der Waals surface area (Å²) >= 11 is 3.65. The van der Waals surface area contributed by atoms with Gasteiger partial charge in [0.25, 0.3) is 0 Å². The zero-order chi connectivity index (χ0) is 10.3. The van der Waals surface area contributed by atoms with E-state index in [1.165, 1.54) is 39.1 Å². The quantitative estimate of drug-likeness (QED) is 0.780. The molecule has 0 aromatic carbocycles. The molecule has 0 amide bonds. The van der Waals surface area contributed by atoms with Crippen molar-refractivity contribution in [2.75, 3.05) is 0 Å². The summed E-state index contributed by atoms with van der Waals surface area (Å²) < 4.78 is 2.76. The molecule has 1 aliphatic rings. The highest BCUT2D eigenvalue weighted by molar-refractivity contribution is 7.26. The van der Waals surface area contributed by atoms with Gasteiger partial charge in [-0.25, -0.2) is 0 Å². The van der Waals surface area contributed by atoms with Gasteiger partial charge < -0.3 is 5.73 Å². The van der Waals surface area contributed by atoms with Gasteiger partial charge in [-0.15, -0.1) is 22.7 Å². The summed E-state index contributed by atoms with van der Waals surface area (Å²) in [7, 11) is 0. The van der Waals surface area contributed by atoms with Crippen molar-refractivity contribution in [3.05, 3.63) is 34.0 Å². The molecule has 1 atom stereocenters. The third-order valence-electron chi connectivity index (χ3n) is 2.94. The standard InChI is InChI=1S/C12H13NS2/c13-12(8-3-1-2-4-8)11-7-10-9(15-11)5-6-14-10/h3,5-7,12H,1-2,4,13H2. The molecule has 3 heteroatoms. The molecule has 1 nitrogen and oxygen atoms in total. The van der Waals surface area contributed by atoms with Crippen molar-refractivity contribution in [2.24, 2.45) is 5.73 Å². The van der Waals surface area contributed by atoms with Gasteiger partial charge in [0.05, 0.1) is 6.04 Å². The minimum absolute atomic E-state index is 0.150. The second-order valence-corrected chi connectivity index (χ2v) is 6.01. The second-order valence-electron chi connectivity index (χ2n) is 3.95. The first kappa shape index (κ1) is 9.58. The van der Waals surface area contributed by atoms with E-state index in [4.69, 9.17) is 5.73 Å². The van der Waals surface area contributed by atoms with Crippen LogP contribution in [0.2, 0.25) is 0 Å². The summed E-state index contributed by atoms with van der Waals surface area (Å²) in [5, 5.41) is 2.14. The Morgan fingerprint density at radius 3 is 3.00 bits per heavy atom. The Kier molecular flexibility index (Phi) is 2.39. The van der Waals surface area contributed by atoms with Crippen molar-refractivity contribution in [1.29, 1.82) is 0 Å². The lowest BCUT2D eigenvalue weighted by atomic mass is 10.1. The molecule has 0 radical (unpaired) electrons. The SMILES string of the molecule is NC(C1=CCCC1)c1cc2sccc2s1. The van der Waals surface area contributed by atoms with E-state index in [9.17, 15) is 0 Å². The van der Waals surface area contributed by atoms with E-state index in [0.29, 0.717) is 0 Å². The lowest BCUT2D eigenvalue weighted by Crippen LogP contribution is -2.10. The molecule has 1 unspecified atom stereocenters. The molecule has 0 spiro atoms. The number of fused-ring (bicyclic) bond motifs is 1. The summed E-state index contributed by atoms with van der Waals surface area (Å²) in [6.07, 6.45) is 6.00. The van der Waals surface area contributed by atoms with Crippen LogP contribution < -0.4 is 5.73 Å². The summed E-state index contributed by atoms with van der Waals surface area (Å²) in [4.78, 5) is 1.32. The average Bonchev–Trinajstić information content (AvgIpc) is 2.92. The molecule has 0 bridgehead atoms.